The van der Waals surface area contributed by atoms with Crippen LogP contribution in [0.15, 0.2) is 65.3 Å². The zero-order valence-corrected chi connectivity index (χ0v) is 39.6. The summed E-state index contributed by atoms with van der Waals surface area (Å²) >= 11 is 4.36. The zero-order chi connectivity index (χ0) is 47.4. The van der Waals surface area contributed by atoms with Crippen molar-refractivity contribution in [2.75, 3.05) is 24.7 Å². The first-order valence-electron chi connectivity index (χ1n) is 20.8. The molecule has 0 saturated carbocycles. The van der Waals surface area contributed by atoms with Gasteiger partial charge >= 0.3 is 11.8 Å². The van der Waals surface area contributed by atoms with Crippen LogP contribution in [-0.2, 0) is 29.1 Å². The third-order valence-corrected chi connectivity index (χ3v) is 13.7. The molecule has 15 nitrogen and oxygen atoms in total. The van der Waals surface area contributed by atoms with Crippen LogP contribution in [0.4, 0.5) is 5.69 Å². The predicted octanol–water partition coefficient (Wildman–Crippen LogP) is 7.17. The maximum absolute atomic E-state index is 14.5. The van der Waals surface area contributed by atoms with Gasteiger partial charge in [0.1, 0.15) is 29.0 Å². The fourth-order valence-corrected chi connectivity index (χ4v) is 9.31. The van der Waals surface area contributed by atoms with E-state index in [1.54, 1.807) is 52.0 Å². The third kappa shape index (κ3) is 10.2. The summed E-state index contributed by atoms with van der Waals surface area (Å²) in [5, 5.41) is 64.2. The smallest absolute Gasteiger partial charge is 0.312 e. The molecule has 0 spiro atoms. The second-order valence-corrected chi connectivity index (χ2v) is 18.1. The second-order valence-electron chi connectivity index (χ2n) is 16.5. The molecule has 3 aliphatic heterocycles. The molecule has 5 bridgehead atoms. The number of carbonyl (C=O) groups is 4. The number of methoxy groups -OCH3 is 1. The number of allylic oxidation sites excluding steroid dienone is 2. The molecule has 7 N–H and O–H groups in total. The van der Waals surface area contributed by atoms with Crippen LogP contribution in [-0.4, -0.2) is 98.7 Å². The molecule has 0 saturated heterocycles. The molecule has 0 fully saturated rings. The van der Waals surface area contributed by atoms with Crippen LogP contribution in [0.3, 0.4) is 0 Å². The van der Waals surface area contributed by atoms with Gasteiger partial charge in [-0.2, -0.15) is 0 Å². The van der Waals surface area contributed by atoms with E-state index in [1.165, 1.54) is 53.2 Å². The van der Waals surface area contributed by atoms with Gasteiger partial charge in [-0.15, -0.1) is 11.8 Å². The molecule has 3 heterocycles. The Balaban J connectivity index is 1.63. The number of aromatic hydroxyl groups is 3. The number of ether oxygens (including phenoxy) is 4. The quantitative estimate of drug-likeness (QED) is 0.0297. The van der Waals surface area contributed by atoms with E-state index in [2.05, 4.69) is 26.6 Å². The van der Waals surface area contributed by atoms with E-state index in [9.17, 15) is 44.7 Å². The number of phenols is 3. The SMILES string of the molecule is CO[C@H]1/C=C/O[C@@]2(C)Oc3c(C)c(O)c4c(O)c(c(SCCNC(=O)c5ccc(CBr)cc5)c(O)c4c3C2=O)NC(=O)/C(C)=C\C=C\[C@@H](C)[C@H](O)[C@@H](C)[C@H](O)[C@H](C)[C@H](OC(C)=O)[C@@H]1C. The highest BCUT2D eigenvalue weighted by molar-refractivity contribution is 9.08. The summed E-state index contributed by atoms with van der Waals surface area (Å²) in [4.78, 5) is 53.5. The standard InChI is InChI=1S/C47H57BrN2O13S/c1-22-11-10-12-23(2)45(58)50-35-39(55)33-32(40(56)43(35)64-20-18-49-46(59)30-15-13-29(21-48)14-16-30)34-42(27(6)38(33)54)63-47(8,44(34)57)61-19-17-31(60-9)24(3)41(62-28(7)51)26(5)37(53)25(4)36(22)52/h10-17,19,22,24-26,31,36-37,41,52-56H,18,20-21H2,1-9H3,(H,49,59)(H,50,58)/b11-10+,19-17+,23-12-/t22-,24-,25-,26+,31+,36+,37+,41-,47+/m1/s1. The minimum atomic E-state index is -2.07. The van der Waals surface area contributed by atoms with Crippen molar-refractivity contribution in [3.05, 3.63) is 82.7 Å². The molecule has 9 atom stereocenters. The maximum Gasteiger partial charge on any atom is 0.312 e. The Bertz CT molecular complexity index is 2370. The van der Waals surface area contributed by atoms with Crippen molar-refractivity contribution >= 4 is 67.7 Å². The molecule has 0 aliphatic carbocycles. The minimum absolute atomic E-state index is 0.0313. The first kappa shape index (κ1) is 49.9. The molecular weight excluding hydrogens is 912 g/mol. The number of Topliss-reactive ketones (excluding diaryl/α,β-unsaturated/α-hetero) is 1. The fourth-order valence-electron chi connectivity index (χ4n) is 8.00. The Labute approximate surface area is 385 Å². The number of thioether (sulfide) groups is 1. The first-order valence-corrected chi connectivity index (χ1v) is 22.9. The minimum Gasteiger partial charge on any atom is -0.507 e. The van der Waals surface area contributed by atoms with Gasteiger partial charge in [0.15, 0.2) is 5.75 Å². The lowest BCUT2D eigenvalue weighted by Gasteiger charge is -2.38. The topological polar surface area (TPSA) is 230 Å². The molecule has 0 unspecified atom stereocenters. The number of hydrogen-bond donors (Lipinski definition) is 7. The van der Waals surface area contributed by atoms with E-state index in [0.717, 1.165) is 17.3 Å². The molecule has 3 aromatic rings. The first-order chi connectivity index (χ1) is 30.2. The predicted molar refractivity (Wildman–Crippen MR) is 246 cm³/mol. The average molecular weight is 970 g/mol. The Morgan fingerprint density at radius 3 is 2.23 bits per heavy atom. The lowest BCUT2D eigenvalue weighted by atomic mass is 9.78. The molecule has 64 heavy (non-hydrogen) atoms. The monoisotopic (exact) mass is 968 g/mol. The number of alkyl halides is 1. The van der Waals surface area contributed by atoms with Gasteiger partial charge in [-0.1, -0.05) is 74.0 Å². The van der Waals surface area contributed by atoms with Crippen LogP contribution >= 0.6 is 27.7 Å². The van der Waals surface area contributed by atoms with Crippen molar-refractivity contribution in [3.63, 3.8) is 0 Å². The highest BCUT2D eigenvalue weighted by Gasteiger charge is 2.50. The lowest BCUT2D eigenvalue weighted by molar-refractivity contribution is -0.160. The normalized spacial score (nSPS) is 28.4. The van der Waals surface area contributed by atoms with Crippen molar-refractivity contribution in [1.82, 2.24) is 5.32 Å². The van der Waals surface area contributed by atoms with Crippen LogP contribution in [0.2, 0.25) is 0 Å². The molecule has 0 radical (unpaired) electrons. The number of aliphatic hydroxyl groups is 2. The summed E-state index contributed by atoms with van der Waals surface area (Å²) < 4.78 is 23.6. The van der Waals surface area contributed by atoms with E-state index in [1.807, 2.05) is 12.1 Å². The molecule has 0 aromatic heterocycles. The number of halogens is 1. The number of carbonyl (C=O) groups excluding carboxylic acids is 4. The molecule has 3 aliphatic rings. The van der Waals surface area contributed by atoms with E-state index in [4.69, 9.17) is 18.9 Å². The molecule has 6 rings (SSSR count). The number of fused-ring (bicyclic) bond motifs is 14. The van der Waals surface area contributed by atoms with Crippen molar-refractivity contribution in [2.45, 2.75) is 95.8 Å². The van der Waals surface area contributed by atoms with Gasteiger partial charge in [0.2, 0.25) is 0 Å². The number of amides is 2. The lowest BCUT2D eigenvalue weighted by Crippen LogP contribution is -2.46. The third-order valence-electron chi connectivity index (χ3n) is 12.0. The van der Waals surface area contributed by atoms with Crippen molar-refractivity contribution in [2.24, 2.45) is 23.7 Å². The van der Waals surface area contributed by atoms with Crippen LogP contribution < -0.4 is 15.4 Å². The summed E-state index contributed by atoms with van der Waals surface area (Å²) in [5.41, 5.74) is 1.12. The van der Waals surface area contributed by atoms with Crippen LogP contribution in [0, 0.1) is 30.6 Å². The van der Waals surface area contributed by atoms with Gasteiger partial charge in [0.05, 0.1) is 40.4 Å². The van der Waals surface area contributed by atoms with Crippen molar-refractivity contribution in [3.8, 4) is 23.0 Å². The Kier molecular flexibility index (Phi) is 16.3. The number of aliphatic hydroxyl groups excluding tert-OH is 2. The van der Waals surface area contributed by atoms with Crippen LogP contribution in [0.25, 0.3) is 10.8 Å². The van der Waals surface area contributed by atoms with Gasteiger partial charge in [0.25, 0.3) is 17.6 Å². The average Bonchev–Trinajstić information content (AvgIpc) is 3.53. The summed E-state index contributed by atoms with van der Waals surface area (Å²) in [5.74, 6) is -8.82. The highest BCUT2D eigenvalue weighted by atomic mass is 79.9. The number of nitrogens with one attached hydrogen (secondary N) is 2. The fraction of sp³-hybridized carbons (Fsp3) is 0.447. The van der Waals surface area contributed by atoms with Crippen LogP contribution in [0.5, 0.6) is 23.0 Å². The van der Waals surface area contributed by atoms with Crippen molar-refractivity contribution in [1.29, 1.82) is 0 Å². The van der Waals surface area contributed by atoms with Gasteiger partial charge in [0, 0.05) is 84.3 Å². The number of anilines is 1. The van der Waals surface area contributed by atoms with Crippen LogP contribution in [0.1, 0.15) is 80.3 Å². The molecule has 346 valence electrons. The number of phenolic OH excluding ortho intramolecular Hbond substituents is 3. The molecule has 3 aromatic carbocycles. The Hall–Kier alpha value is -5.07. The summed E-state index contributed by atoms with van der Waals surface area (Å²) in [6, 6.07) is 7.01. The summed E-state index contributed by atoms with van der Waals surface area (Å²) in [6.07, 6.45) is 3.41. The van der Waals surface area contributed by atoms with E-state index in [-0.39, 0.29) is 62.0 Å². The summed E-state index contributed by atoms with van der Waals surface area (Å²) in [7, 11) is 1.43. The van der Waals surface area contributed by atoms with E-state index in [0.29, 0.717) is 10.9 Å². The molecule has 17 heteroatoms. The zero-order valence-electron chi connectivity index (χ0n) is 37.2. The second kappa shape index (κ2) is 20.8. The maximum atomic E-state index is 14.5. The Morgan fingerprint density at radius 2 is 1.61 bits per heavy atom. The van der Waals surface area contributed by atoms with Gasteiger partial charge in [-0.25, -0.2) is 0 Å². The van der Waals surface area contributed by atoms with E-state index < -0.39 is 88.8 Å². The molecule has 2 amide bonds. The number of hydrogen-bond acceptors (Lipinski definition) is 14. The largest absolute Gasteiger partial charge is 0.507 e. The number of ketones is 1. The highest BCUT2D eigenvalue weighted by Crippen LogP contribution is 2.57. The van der Waals surface area contributed by atoms with Gasteiger partial charge < -0.3 is 55.1 Å². The van der Waals surface area contributed by atoms with Gasteiger partial charge in [-0.3, -0.25) is 19.2 Å². The van der Waals surface area contributed by atoms with Gasteiger partial charge in [-0.05, 0) is 37.6 Å². The van der Waals surface area contributed by atoms with E-state index >= 15 is 0 Å². The Morgan fingerprint density at radius 1 is 0.938 bits per heavy atom. The number of benzene rings is 3. The van der Waals surface area contributed by atoms with Crippen molar-refractivity contribution < 1.29 is 63.7 Å². The number of rotatable bonds is 8. The molecular formula is C47H57BrN2O13S. The summed E-state index contributed by atoms with van der Waals surface area (Å²) in [6.45, 7) is 12.5. The number of esters is 1.